The molecule has 0 atom stereocenters. The van der Waals surface area contributed by atoms with Crippen molar-refractivity contribution in [2.24, 2.45) is 0 Å². The molecule has 5 heteroatoms. The number of ether oxygens (including phenoxy) is 1. The summed E-state index contributed by atoms with van der Waals surface area (Å²) in [6.45, 7) is 3.71. The molecule has 2 heterocycles. The lowest BCUT2D eigenvalue weighted by atomic mass is 10.3. The summed E-state index contributed by atoms with van der Waals surface area (Å²) < 4.78 is 8.90. The van der Waals surface area contributed by atoms with Crippen molar-refractivity contribution >= 4 is 27.5 Å². The Morgan fingerprint density at radius 3 is 2.86 bits per heavy atom. The number of carbonyl (C=O) groups is 1. The molecule has 0 saturated heterocycles. The molecular weight excluding hydrogens is 296 g/mol. The number of thiophene rings is 1. The van der Waals surface area contributed by atoms with Crippen LogP contribution in [0.3, 0.4) is 0 Å². The van der Waals surface area contributed by atoms with E-state index in [1.165, 1.54) is 0 Å². The minimum absolute atomic E-state index is 0.0365. The van der Waals surface area contributed by atoms with E-state index in [0.29, 0.717) is 25.4 Å². The maximum absolute atomic E-state index is 12.2. The highest BCUT2D eigenvalue weighted by molar-refractivity contribution is 7.17. The first-order valence-corrected chi connectivity index (χ1v) is 8.20. The molecule has 0 bridgehead atoms. The second-order valence-corrected chi connectivity index (χ2v) is 5.82. The Kier molecular flexibility index (Phi) is 4.44. The smallest absolute Gasteiger partial charge is 0.267 e. The van der Waals surface area contributed by atoms with E-state index < -0.39 is 0 Å². The first-order chi connectivity index (χ1) is 10.8. The molecule has 1 amide bonds. The van der Waals surface area contributed by atoms with E-state index >= 15 is 0 Å². The summed E-state index contributed by atoms with van der Waals surface area (Å²) in [5.74, 6) is 0.807. The zero-order chi connectivity index (χ0) is 15.4. The molecule has 1 N–H and O–H groups in total. The Hall–Kier alpha value is -2.27. The minimum atomic E-state index is -0.0365. The van der Waals surface area contributed by atoms with Crippen molar-refractivity contribution in [2.75, 3.05) is 13.2 Å². The molecule has 0 fully saturated rings. The van der Waals surface area contributed by atoms with Gasteiger partial charge in [0, 0.05) is 6.54 Å². The molecule has 3 rings (SSSR count). The lowest BCUT2D eigenvalue weighted by Gasteiger charge is -2.11. The van der Waals surface area contributed by atoms with Crippen molar-refractivity contribution in [1.82, 2.24) is 9.88 Å². The Morgan fingerprint density at radius 1 is 1.27 bits per heavy atom. The number of rotatable bonds is 6. The maximum Gasteiger partial charge on any atom is 0.267 e. The summed E-state index contributed by atoms with van der Waals surface area (Å²) in [5, 5.41) is 4.91. The van der Waals surface area contributed by atoms with Crippen LogP contribution in [0.15, 0.2) is 47.8 Å². The van der Waals surface area contributed by atoms with Gasteiger partial charge in [0.25, 0.3) is 5.91 Å². The number of aromatic nitrogens is 1. The summed E-state index contributed by atoms with van der Waals surface area (Å²) in [6, 6.07) is 13.7. The zero-order valence-electron chi connectivity index (χ0n) is 12.4. The topological polar surface area (TPSA) is 43.3 Å². The number of carbonyl (C=O) groups excluding carboxylic acids is 1. The molecule has 0 aliphatic carbocycles. The summed E-state index contributed by atoms with van der Waals surface area (Å²) >= 11 is 1.65. The van der Waals surface area contributed by atoms with Gasteiger partial charge < -0.3 is 14.6 Å². The van der Waals surface area contributed by atoms with Gasteiger partial charge in [-0.3, -0.25) is 4.79 Å². The number of nitrogens with one attached hydrogen (secondary N) is 1. The van der Waals surface area contributed by atoms with Crippen LogP contribution in [0.1, 0.15) is 17.4 Å². The Balaban J connectivity index is 1.77. The Bertz CT molecular complexity index is 761. The van der Waals surface area contributed by atoms with E-state index in [1.54, 1.807) is 11.3 Å². The van der Waals surface area contributed by atoms with Crippen molar-refractivity contribution in [3.8, 4) is 5.75 Å². The van der Waals surface area contributed by atoms with Gasteiger partial charge in [-0.1, -0.05) is 18.2 Å². The number of nitrogens with zero attached hydrogens (tertiary/aromatic N) is 1. The van der Waals surface area contributed by atoms with Gasteiger partial charge in [0.2, 0.25) is 0 Å². The van der Waals surface area contributed by atoms with Crippen molar-refractivity contribution in [1.29, 1.82) is 0 Å². The average Bonchev–Trinajstić information content (AvgIpc) is 3.11. The summed E-state index contributed by atoms with van der Waals surface area (Å²) in [4.78, 5) is 12.2. The van der Waals surface area contributed by atoms with E-state index in [4.69, 9.17) is 4.74 Å². The van der Waals surface area contributed by atoms with E-state index in [9.17, 15) is 4.79 Å². The maximum atomic E-state index is 12.2. The molecule has 0 unspecified atom stereocenters. The van der Waals surface area contributed by atoms with Gasteiger partial charge >= 0.3 is 0 Å². The Morgan fingerprint density at radius 2 is 2.09 bits per heavy atom. The number of para-hydroxylation sites is 1. The zero-order valence-corrected chi connectivity index (χ0v) is 13.2. The van der Waals surface area contributed by atoms with E-state index in [1.807, 2.05) is 59.3 Å². The highest BCUT2D eigenvalue weighted by atomic mass is 32.1. The van der Waals surface area contributed by atoms with Crippen LogP contribution in [0, 0.1) is 0 Å². The number of hydrogen-bond acceptors (Lipinski definition) is 3. The third-order valence-electron chi connectivity index (χ3n) is 3.42. The van der Waals surface area contributed by atoms with Crippen molar-refractivity contribution in [2.45, 2.75) is 13.5 Å². The van der Waals surface area contributed by atoms with Gasteiger partial charge in [0.1, 0.15) is 18.1 Å². The molecule has 0 saturated carbocycles. The molecular formula is C17H18N2O2S. The molecule has 0 aliphatic heterocycles. The second kappa shape index (κ2) is 6.66. The van der Waals surface area contributed by atoms with Gasteiger partial charge in [-0.2, -0.15) is 0 Å². The van der Waals surface area contributed by atoms with Gasteiger partial charge in [0.05, 0.1) is 16.8 Å². The Labute approximate surface area is 133 Å². The SMILES string of the molecule is CCNC(=O)c1cc2sccc2n1CCOc1ccccc1. The molecule has 0 aliphatic rings. The highest BCUT2D eigenvalue weighted by Gasteiger charge is 2.15. The predicted molar refractivity (Wildman–Crippen MR) is 89.8 cm³/mol. The number of amides is 1. The van der Waals surface area contributed by atoms with Crippen LogP contribution in [0.2, 0.25) is 0 Å². The predicted octanol–water partition coefficient (Wildman–Crippen LogP) is 3.53. The highest BCUT2D eigenvalue weighted by Crippen LogP contribution is 2.25. The third kappa shape index (κ3) is 2.99. The molecule has 2 aromatic heterocycles. The van der Waals surface area contributed by atoms with E-state index in [2.05, 4.69) is 5.32 Å². The van der Waals surface area contributed by atoms with Crippen LogP contribution in [-0.2, 0) is 6.54 Å². The number of benzene rings is 1. The molecule has 0 spiro atoms. The van der Waals surface area contributed by atoms with Crippen LogP contribution in [-0.4, -0.2) is 23.6 Å². The monoisotopic (exact) mass is 314 g/mol. The molecule has 0 radical (unpaired) electrons. The first kappa shape index (κ1) is 14.7. The van der Waals surface area contributed by atoms with Crippen molar-refractivity contribution < 1.29 is 9.53 Å². The fraction of sp³-hybridized carbons (Fsp3) is 0.235. The molecule has 3 aromatic rings. The minimum Gasteiger partial charge on any atom is -0.492 e. The largest absolute Gasteiger partial charge is 0.492 e. The average molecular weight is 314 g/mol. The summed E-state index contributed by atoms with van der Waals surface area (Å²) in [7, 11) is 0. The van der Waals surface area contributed by atoms with Crippen LogP contribution < -0.4 is 10.1 Å². The van der Waals surface area contributed by atoms with Gasteiger partial charge in [-0.25, -0.2) is 0 Å². The van der Waals surface area contributed by atoms with Gasteiger partial charge in [0.15, 0.2) is 0 Å². The number of fused-ring (bicyclic) bond motifs is 1. The first-order valence-electron chi connectivity index (χ1n) is 7.32. The van der Waals surface area contributed by atoms with Crippen molar-refractivity contribution in [3.05, 3.63) is 53.5 Å². The third-order valence-corrected chi connectivity index (χ3v) is 4.27. The second-order valence-electron chi connectivity index (χ2n) is 4.87. The summed E-state index contributed by atoms with van der Waals surface area (Å²) in [5.41, 5.74) is 1.78. The molecule has 4 nitrogen and oxygen atoms in total. The normalized spacial score (nSPS) is 10.8. The lowest BCUT2D eigenvalue weighted by Crippen LogP contribution is -2.26. The molecule has 1 aromatic carbocycles. The lowest BCUT2D eigenvalue weighted by molar-refractivity contribution is 0.0946. The fourth-order valence-corrected chi connectivity index (χ4v) is 3.25. The van der Waals surface area contributed by atoms with Crippen LogP contribution in [0.4, 0.5) is 0 Å². The van der Waals surface area contributed by atoms with Crippen molar-refractivity contribution in [3.63, 3.8) is 0 Å². The van der Waals surface area contributed by atoms with Crippen LogP contribution in [0.25, 0.3) is 10.2 Å². The molecule has 22 heavy (non-hydrogen) atoms. The van der Waals surface area contributed by atoms with Gasteiger partial charge in [-0.05, 0) is 36.6 Å². The number of hydrogen-bond donors (Lipinski definition) is 1. The van der Waals surface area contributed by atoms with Crippen LogP contribution >= 0.6 is 11.3 Å². The quantitative estimate of drug-likeness (QED) is 0.756. The van der Waals surface area contributed by atoms with Crippen LogP contribution in [0.5, 0.6) is 5.75 Å². The van der Waals surface area contributed by atoms with Gasteiger partial charge in [-0.15, -0.1) is 11.3 Å². The fourth-order valence-electron chi connectivity index (χ4n) is 2.43. The van der Waals surface area contributed by atoms with E-state index in [-0.39, 0.29) is 5.91 Å². The van der Waals surface area contributed by atoms with E-state index in [0.717, 1.165) is 16.0 Å². The standard InChI is InChI=1S/C17H18N2O2S/c1-2-18-17(20)15-12-16-14(8-11-22-16)19(15)9-10-21-13-6-4-3-5-7-13/h3-8,11-12H,2,9-10H2,1H3,(H,18,20). The molecule has 114 valence electrons. The summed E-state index contributed by atoms with van der Waals surface area (Å²) in [6.07, 6.45) is 0.